The van der Waals surface area contributed by atoms with Gasteiger partial charge in [-0.25, -0.2) is 0 Å². The fourth-order valence-electron chi connectivity index (χ4n) is 2.10. The van der Waals surface area contributed by atoms with E-state index in [4.69, 9.17) is 5.11 Å². The highest BCUT2D eigenvalue weighted by Crippen LogP contribution is 2.33. The third-order valence-electron chi connectivity index (χ3n) is 3.45. The molecule has 0 radical (unpaired) electrons. The highest BCUT2D eigenvalue weighted by Gasteiger charge is 2.36. The van der Waals surface area contributed by atoms with Crippen LogP contribution in [0, 0.1) is 12.8 Å². The largest absolute Gasteiger partial charge is 0.481 e. The second-order valence-corrected chi connectivity index (χ2v) is 4.61. The van der Waals surface area contributed by atoms with E-state index in [0.717, 1.165) is 12.8 Å². The monoisotopic (exact) mass is 219 g/mol. The molecule has 86 valence electrons. The van der Waals surface area contributed by atoms with Gasteiger partial charge in [0.05, 0.1) is 5.92 Å². The molecular formula is C13H17NO2. The maximum absolute atomic E-state index is 10.7. The third-order valence-corrected chi connectivity index (χ3v) is 3.45. The Hall–Kier alpha value is -1.51. The lowest BCUT2D eigenvalue weighted by Crippen LogP contribution is -2.45. The van der Waals surface area contributed by atoms with Gasteiger partial charge in [0.2, 0.25) is 0 Å². The van der Waals surface area contributed by atoms with Crippen LogP contribution in [0.4, 0.5) is 5.69 Å². The summed E-state index contributed by atoms with van der Waals surface area (Å²) in [6.07, 6.45) is 1.53. The molecule has 0 bridgehead atoms. The molecule has 1 aliphatic carbocycles. The lowest BCUT2D eigenvalue weighted by Gasteiger charge is -2.40. The molecule has 1 fully saturated rings. The van der Waals surface area contributed by atoms with E-state index < -0.39 is 5.97 Å². The summed E-state index contributed by atoms with van der Waals surface area (Å²) in [6.45, 7) is 2.06. The van der Waals surface area contributed by atoms with Gasteiger partial charge in [0, 0.05) is 18.8 Å². The van der Waals surface area contributed by atoms with Crippen LogP contribution in [0.3, 0.4) is 0 Å². The van der Waals surface area contributed by atoms with Crippen LogP contribution in [0.2, 0.25) is 0 Å². The first-order chi connectivity index (χ1) is 7.58. The van der Waals surface area contributed by atoms with Gasteiger partial charge in [-0.1, -0.05) is 17.7 Å². The zero-order valence-corrected chi connectivity index (χ0v) is 9.68. The van der Waals surface area contributed by atoms with Crippen molar-refractivity contribution in [3.8, 4) is 0 Å². The standard InChI is InChI=1S/C13H17NO2/c1-9-3-5-11(6-4-9)14(2)12-7-10(8-12)13(15)16/h3-6,10,12H,7-8H2,1-2H3,(H,15,16). The van der Waals surface area contributed by atoms with Crippen LogP contribution in [0.1, 0.15) is 18.4 Å². The summed E-state index contributed by atoms with van der Waals surface area (Å²) in [6, 6.07) is 8.72. The van der Waals surface area contributed by atoms with Crippen molar-refractivity contribution in [2.75, 3.05) is 11.9 Å². The van der Waals surface area contributed by atoms with Crippen molar-refractivity contribution in [2.45, 2.75) is 25.8 Å². The van der Waals surface area contributed by atoms with E-state index in [1.165, 1.54) is 11.3 Å². The lowest BCUT2D eigenvalue weighted by atomic mass is 9.79. The van der Waals surface area contributed by atoms with Crippen LogP contribution in [0.5, 0.6) is 0 Å². The maximum Gasteiger partial charge on any atom is 0.306 e. The number of rotatable bonds is 3. The number of carboxylic acid groups (broad SMARTS) is 1. The fourth-order valence-corrected chi connectivity index (χ4v) is 2.10. The van der Waals surface area contributed by atoms with Crippen molar-refractivity contribution in [3.63, 3.8) is 0 Å². The van der Waals surface area contributed by atoms with Gasteiger partial charge in [-0.3, -0.25) is 4.79 Å². The second kappa shape index (κ2) is 4.16. The number of hydrogen-bond acceptors (Lipinski definition) is 2. The highest BCUT2D eigenvalue weighted by molar-refractivity contribution is 5.71. The van der Waals surface area contributed by atoms with Gasteiger partial charge in [-0.2, -0.15) is 0 Å². The fraction of sp³-hybridized carbons (Fsp3) is 0.462. The number of carbonyl (C=O) groups is 1. The highest BCUT2D eigenvalue weighted by atomic mass is 16.4. The van der Waals surface area contributed by atoms with Crippen molar-refractivity contribution in [1.29, 1.82) is 0 Å². The summed E-state index contributed by atoms with van der Waals surface area (Å²) in [5.74, 6) is -0.800. The molecule has 2 rings (SSSR count). The molecule has 3 nitrogen and oxygen atoms in total. The number of carboxylic acids is 1. The Bertz CT molecular complexity index is 379. The molecule has 0 saturated heterocycles. The van der Waals surface area contributed by atoms with E-state index in [9.17, 15) is 4.79 Å². The molecular weight excluding hydrogens is 202 g/mol. The summed E-state index contributed by atoms with van der Waals surface area (Å²) in [7, 11) is 2.04. The van der Waals surface area contributed by atoms with Crippen molar-refractivity contribution in [2.24, 2.45) is 5.92 Å². The third kappa shape index (κ3) is 2.03. The van der Waals surface area contributed by atoms with E-state index >= 15 is 0 Å². The molecule has 1 saturated carbocycles. The molecule has 1 N–H and O–H groups in total. The van der Waals surface area contributed by atoms with Gasteiger partial charge >= 0.3 is 5.97 Å². The number of aliphatic carboxylic acids is 1. The molecule has 1 aromatic carbocycles. The molecule has 1 aliphatic rings. The topological polar surface area (TPSA) is 40.5 Å². The minimum absolute atomic E-state index is 0.141. The van der Waals surface area contributed by atoms with Gasteiger partial charge in [-0.15, -0.1) is 0 Å². The van der Waals surface area contributed by atoms with Gasteiger partial charge < -0.3 is 10.0 Å². The molecule has 0 spiro atoms. The van der Waals surface area contributed by atoms with Gasteiger partial charge in [-0.05, 0) is 31.9 Å². The quantitative estimate of drug-likeness (QED) is 0.848. The maximum atomic E-state index is 10.7. The first-order valence-electron chi connectivity index (χ1n) is 5.60. The molecule has 16 heavy (non-hydrogen) atoms. The van der Waals surface area contributed by atoms with Crippen LogP contribution in [-0.4, -0.2) is 24.2 Å². The number of aryl methyl sites for hydroxylation is 1. The normalized spacial score (nSPS) is 23.6. The van der Waals surface area contributed by atoms with E-state index in [1.807, 2.05) is 7.05 Å². The molecule has 0 aliphatic heterocycles. The van der Waals surface area contributed by atoms with E-state index in [2.05, 4.69) is 36.1 Å². The van der Waals surface area contributed by atoms with Gasteiger partial charge in [0.25, 0.3) is 0 Å². The molecule has 1 aromatic rings. The summed E-state index contributed by atoms with van der Waals surface area (Å²) >= 11 is 0. The number of hydrogen-bond donors (Lipinski definition) is 1. The Morgan fingerprint density at radius 2 is 1.88 bits per heavy atom. The zero-order valence-electron chi connectivity index (χ0n) is 9.68. The SMILES string of the molecule is Cc1ccc(N(C)C2CC(C(=O)O)C2)cc1. The van der Waals surface area contributed by atoms with Crippen molar-refractivity contribution in [3.05, 3.63) is 29.8 Å². The molecule has 0 atom stereocenters. The van der Waals surface area contributed by atoms with Crippen LogP contribution in [-0.2, 0) is 4.79 Å². The Kier molecular flexibility index (Phi) is 2.86. The number of nitrogens with zero attached hydrogens (tertiary/aromatic N) is 1. The van der Waals surface area contributed by atoms with E-state index in [1.54, 1.807) is 0 Å². The van der Waals surface area contributed by atoms with E-state index in [0.29, 0.717) is 6.04 Å². The molecule has 0 aromatic heterocycles. The van der Waals surface area contributed by atoms with Gasteiger partial charge in [0.1, 0.15) is 0 Å². The minimum atomic E-state index is -0.659. The Balaban J connectivity index is 1.97. The minimum Gasteiger partial charge on any atom is -0.481 e. The van der Waals surface area contributed by atoms with E-state index in [-0.39, 0.29) is 5.92 Å². The lowest BCUT2D eigenvalue weighted by molar-refractivity contribution is -0.145. The number of benzene rings is 1. The average Bonchev–Trinajstić information content (AvgIpc) is 2.15. The first kappa shape index (κ1) is 11.0. The summed E-state index contributed by atoms with van der Waals surface area (Å²) in [5, 5.41) is 8.82. The first-order valence-corrected chi connectivity index (χ1v) is 5.60. The zero-order chi connectivity index (χ0) is 11.7. The molecule has 3 heteroatoms. The summed E-state index contributed by atoms with van der Waals surface area (Å²) in [4.78, 5) is 12.9. The molecule has 0 amide bonds. The van der Waals surface area contributed by atoms with Crippen LogP contribution in [0.15, 0.2) is 24.3 Å². The average molecular weight is 219 g/mol. The van der Waals surface area contributed by atoms with Crippen molar-refractivity contribution < 1.29 is 9.90 Å². The van der Waals surface area contributed by atoms with Crippen molar-refractivity contribution in [1.82, 2.24) is 0 Å². The summed E-state index contributed by atoms with van der Waals surface area (Å²) < 4.78 is 0. The molecule has 0 heterocycles. The summed E-state index contributed by atoms with van der Waals surface area (Å²) in [5.41, 5.74) is 2.41. The smallest absolute Gasteiger partial charge is 0.306 e. The predicted octanol–water partition coefficient (Wildman–Crippen LogP) is 2.29. The Labute approximate surface area is 95.7 Å². The predicted molar refractivity (Wildman–Crippen MR) is 63.7 cm³/mol. The van der Waals surface area contributed by atoms with Gasteiger partial charge in [0.15, 0.2) is 0 Å². The second-order valence-electron chi connectivity index (χ2n) is 4.61. The van der Waals surface area contributed by atoms with Crippen LogP contribution >= 0.6 is 0 Å². The van der Waals surface area contributed by atoms with Crippen LogP contribution in [0.25, 0.3) is 0 Å². The van der Waals surface area contributed by atoms with Crippen LogP contribution < -0.4 is 4.90 Å². The Morgan fingerprint density at radius 3 is 2.38 bits per heavy atom. The van der Waals surface area contributed by atoms with Crippen molar-refractivity contribution >= 4 is 11.7 Å². The Morgan fingerprint density at radius 1 is 1.31 bits per heavy atom. The number of anilines is 1. The molecule has 0 unspecified atom stereocenters.